The van der Waals surface area contributed by atoms with Crippen molar-refractivity contribution in [2.75, 3.05) is 0 Å². The van der Waals surface area contributed by atoms with Gasteiger partial charge in [-0.3, -0.25) is 0 Å². The van der Waals surface area contributed by atoms with Crippen molar-refractivity contribution in [1.82, 2.24) is 0 Å². The van der Waals surface area contributed by atoms with Gasteiger partial charge in [0.2, 0.25) is 0 Å². The highest BCUT2D eigenvalue weighted by molar-refractivity contribution is 4.79. The highest BCUT2D eigenvalue weighted by Gasteiger charge is 1.85. The lowest BCUT2D eigenvalue weighted by Crippen LogP contribution is -1.84. The zero-order chi connectivity index (χ0) is 4.99. The smallest absolute Gasteiger partial charge is 0.107 e. The second-order valence-corrected chi connectivity index (χ2v) is 1.08. The summed E-state index contributed by atoms with van der Waals surface area (Å²) in [6.07, 6.45) is 1.49. The predicted molar refractivity (Wildman–Crippen MR) is 25.5 cm³/mol. The summed E-state index contributed by atoms with van der Waals surface area (Å²) in [5.74, 6) is 0. The van der Waals surface area contributed by atoms with Gasteiger partial charge in [-0.1, -0.05) is 11.3 Å². The molecule has 0 heterocycles. The van der Waals surface area contributed by atoms with Crippen molar-refractivity contribution in [3.05, 3.63) is 17.6 Å². The summed E-state index contributed by atoms with van der Waals surface area (Å²) in [7, 11) is 0. The molecule has 0 fully saturated rings. The lowest BCUT2D eigenvalue weighted by molar-refractivity contribution is 0.919. The van der Waals surface area contributed by atoms with Gasteiger partial charge in [-0.15, -0.1) is 6.58 Å². The summed E-state index contributed by atoms with van der Waals surface area (Å²) >= 11 is 0. The maximum Gasteiger partial charge on any atom is 0.107 e. The van der Waals surface area contributed by atoms with E-state index in [0.29, 0.717) is 0 Å². The van der Waals surface area contributed by atoms with Gasteiger partial charge in [-0.2, -0.15) is 4.91 Å². The van der Waals surface area contributed by atoms with Gasteiger partial charge >= 0.3 is 0 Å². The van der Waals surface area contributed by atoms with E-state index in [1.165, 1.54) is 6.08 Å². The third-order valence-electron chi connectivity index (χ3n) is 0.507. The number of nitroso groups, excluding NO2 is 1. The van der Waals surface area contributed by atoms with Crippen LogP contribution in [-0.4, -0.2) is 6.04 Å². The van der Waals surface area contributed by atoms with E-state index in [-0.39, 0.29) is 6.04 Å². The molecule has 0 aliphatic heterocycles. The minimum absolute atomic E-state index is 0.231. The molecule has 6 heavy (non-hydrogen) atoms. The maximum absolute atomic E-state index is 9.41. The van der Waals surface area contributed by atoms with E-state index in [1.807, 2.05) is 0 Å². The number of hydrogen-bond donors (Lipinski definition) is 0. The third-order valence-corrected chi connectivity index (χ3v) is 0.507. The zero-order valence-corrected chi connectivity index (χ0v) is 3.72. The van der Waals surface area contributed by atoms with E-state index < -0.39 is 0 Å². The second-order valence-electron chi connectivity index (χ2n) is 1.08. The van der Waals surface area contributed by atoms with E-state index in [4.69, 9.17) is 0 Å². The standard InChI is InChI=1S/C4H7NO/c1-3-4(2)5-6/h3-4H,1H2,2H3. The van der Waals surface area contributed by atoms with Crippen LogP contribution < -0.4 is 0 Å². The molecule has 2 nitrogen and oxygen atoms in total. The average Bonchev–Trinajstić information content (AvgIpc) is 1.65. The molecule has 1 unspecified atom stereocenters. The first-order chi connectivity index (χ1) is 2.81. The molecule has 0 aliphatic carbocycles. The highest BCUT2D eigenvalue weighted by atomic mass is 16.3. The van der Waals surface area contributed by atoms with Crippen molar-refractivity contribution >= 4 is 0 Å². The molecule has 0 spiro atoms. The Morgan fingerprint density at radius 1 is 2.00 bits per heavy atom. The fourth-order valence-corrected chi connectivity index (χ4v) is 0.0430. The van der Waals surface area contributed by atoms with E-state index in [2.05, 4.69) is 11.8 Å². The predicted octanol–water partition coefficient (Wildman–Crippen LogP) is 1.33. The Bertz CT molecular complexity index is 52.6. The van der Waals surface area contributed by atoms with E-state index in [0.717, 1.165) is 0 Å². The molecule has 1 atom stereocenters. The first-order valence-electron chi connectivity index (χ1n) is 1.76. The van der Waals surface area contributed by atoms with Crippen molar-refractivity contribution in [2.24, 2.45) is 5.18 Å². The van der Waals surface area contributed by atoms with Crippen molar-refractivity contribution in [3.8, 4) is 0 Å². The van der Waals surface area contributed by atoms with Crippen molar-refractivity contribution in [1.29, 1.82) is 0 Å². The molecule has 2 heteroatoms. The summed E-state index contributed by atoms with van der Waals surface area (Å²) < 4.78 is 0. The van der Waals surface area contributed by atoms with Crippen LogP contribution in [0.15, 0.2) is 17.8 Å². The Kier molecular flexibility index (Phi) is 2.29. The summed E-state index contributed by atoms with van der Waals surface area (Å²) in [5, 5.41) is 2.64. The average molecular weight is 85.1 g/mol. The Morgan fingerprint density at radius 3 is 2.50 bits per heavy atom. The number of nitrogens with zero attached hydrogens (tertiary/aromatic N) is 1. The van der Waals surface area contributed by atoms with Gasteiger partial charge < -0.3 is 0 Å². The van der Waals surface area contributed by atoms with Crippen LogP contribution >= 0.6 is 0 Å². The molecule has 34 valence electrons. The molecular formula is C4H7NO. The first-order valence-corrected chi connectivity index (χ1v) is 1.76. The molecule has 0 saturated carbocycles. The van der Waals surface area contributed by atoms with Gasteiger partial charge in [-0.25, -0.2) is 0 Å². The van der Waals surface area contributed by atoms with Crippen molar-refractivity contribution < 1.29 is 0 Å². The first kappa shape index (κ1) is 5.34. The molecule has 0 N–H and O–H groups in total. The summed E-state index contributed by atoms with van der Waals surface area (Å²) in [6.45, 7) is 5.02. The fraction of sp³-hybridized carbons (Fsp3) is 0.500. The van der Waals surface area contributed by atoms with Gasteiger partial charge in [0.25, 0.3) is 0 Å². The van der Waals surface area contributed by atoms with Crippen molar-refractivity contribution in [3.63, 3.8) is 0 Å². The lowest BCUT2D eigenvalue weighted by Gasteiger charge is -1.82. The minimum Gasteiger partial charge on any atom is -0.150 e. The molecular weight excluding hydrogens is 78.0 g/mol. The monoisotopic (exact) mass is 85.1 g/mol. The second kappa shape index (κ2) is 2.57. The van der Waals surface area contributed by atoms with Crippen molar-refractivity contribution in [2.45, 2.75) is 13.0 Å². The molecule has 0 bridgehead atoms. The van der Waals surface area contributed by atoms with Gasteiger partial charge in [0.1, 0.15) is 6.04 Å². The molecule has 0 aromatic rings. The van der Waals surface area contributed by atoms with Crippen LogP contribution in [-0.2, 0) is 0 Å². The van der Waals surface area contributed by atoms with E-state index >= 15 is 0 Å². The topological polar surface area (TPSA) is 29.4 Å². The molecule has 0 rings (SSSR count). The minimum atomic E-state index is -0.231. The van der Waals surface area contributed by atoms with Crippen LogP contribution in [0.25, 0.3) is 0 Å². The lowest BCUT2D eigenvalue weighted by atomic mass is 10.4. The van der Waals surface area contributed by atoms with Crippen LogP contribution in [0.1, 0.15) is 6.92 Å². The highest BCUT2D eigenvalue weighted by Crippen LogP contribution is 1.84. The van der Waals surface area contributed by atoms with Gasteiger partial charge in [0.15, 0.2) is 0 Å². The van der Waals surface area contributed by atoms with Crippen LogP contribution in [0.4, 0.5) is 0 Å². The Labute approximate surface area is 36.8 Å². The zero-order valence-electron chi connectivity index (χ0n) is 3.72. The quantitative estimate of drug-likeness (QED) is 0.367. The molecule has 0 aromatic heterocycles. The Balaban J connectivity index is 3.21. The van der Waals surface area contributed by atoms with Gasteiger partial charge in [0, 0.05) is 0 Å². The molecule has 0 amide bonds. The Hall–Kier alpha value is -0.660. The molecule has 0 aromatic carbocycles. The van der Waals surface area contributed by atoms with Gasteiger partial charge in [-0.05, 0) is 6.92 Å². The van der Waals surface area contributed by atoms with E-state index in [1.54, 1.807) is 6.92 Å². The largest absolute Gasteiger partial charge is 0.150 e. The SMILES string of the molecule is C=CC(C)N=O. The number of hydrogen-bond acceptors (Lipinski definition) is 2. The maximum atomic E-state index is 9.41. The molecule has 0 radical (unpaired) electrons. The van der Waals surface area contributed by atoms with Crippen LogP contribution in [0.3, 0.4) is 0 Å². The Morgan fingerprint density at radius 2 is 2.50 bits per heavy atom. The summed E-state index contributed by atoms with van der Waals surface area (Å²) in [5.41, 5.74) is 0. The number of rotatable bonds is 2. The van der Waals surface area contributed by atoms with Crippen LogP contribution in [0, 0.1) is 4.91 Å². The third kappa shape index (κ3) is 1.64. The summed E-state index contributed by atoms with van der Waals surface area (Å²) in [4.78, 5) is 9.41. The molecule has 0 saturated heterocycles. The van der Waals surface area contributed by atoms with Gasteiger partial charge in [0.05, 0.1) is 0 Å². The molecule has 0 aliphatic rings. The normalized spacial score (nSPS) is 12.8. The van der Waals surface area contributed by atoms with Crippen LogP contribution in [0.2, 0.25) is 0 Å². The fourth-order valence-electron chi connectivity index (χ4n) is 0.0430. The summed E-state index contributed by atoms with van der Waals surface area (Å²) in [6, 6.07) is -0.231. The van der Waals surface area contributed by atoms with Crippen LogP contribution in [0.5, 0.6) is 0 Å². The van der Waals surface area contributed by atoms with E-state index in [9.17, 15) is 4.91 Å².